The van der Waals surface area contributed by atoms with Gasteiger partial charge in [-0.25, -0.2) is 4.39 Å². The van der Waals surface area contributed by atoms with Gasteiger partial charge in [-0.2, -0.15) is 0 Å². The van der Waals surface area contributed by atoms with Gasteiger partial charge in [-0.15, -0.1) is 0 Å². The Kier molecular flexibility index (Phi) is 5.72. The van der Waals surface area contributed by atoms with Crippen LogP contribution in [0.1, 0.15) is 12.5 Å². The summed E-state index contributed by atoms with van der Waals surface area (Å²) < 4.78 is 18.4. The van der Waals surface area contributed by atoms with E-state index in [1.165, 1.54) is 13.2 Å². The van der Waals surface area contributed by atoms with Gasteiger partial charge in [-0.3, -0.25) is 0 Å². The molecule has 0 fully saturated rings. The second kappa shape index (κ2) is 6.84. The molecule has 0 aromatic heterocycles. The van der Waals surface area contributed by atoms with Gasteiger partial charge in [0.1, 0.15) is 0 Å². The number of hydrogen-bond acceptors (Lipinski definition) is 4. The Hall–Kier alpha value is -1.17. The average Bonchev–Trinajstić information content (AvgIpc) is 2.38. The topological polar surface area (TPSA) is 52.9 Å². The molecule has 2 N–H and O–H groups in total. The number of aliphatic hydroxyl groups excluding tert-OH is 2. The highest BCUT2D eigenvalue weighted by atomic mass is 19.1. The molecule has 0 aliphatic heterocycles. The smallest absolute Gasteiger partial charge is 0.165 e. The van der Waals surface area contributed by atoms with Crippen LogP contribution in [-0.4, -0.2) is 49.0 Å². The van der Waals surface area contributed by atoms with Crippen LogP contribution in [0.25, 0.3) is 0 Å². The monoisotopic (exact) mass is 271 g/mol. The lowest BCUT2D eigenvalue weighted by molar-refractivity contribution is 0.0402. The number of halogens is 1. The Labute approximate surface area is 113 Å². The summed E-state index contributed by atoms with van der Waals surface area (Å²) >= 11 is 0. The van der Waals surface area contributed by atoms with Crippen LogP contribution in [0.4, 0.5) is 4.39 Å². The molecule has 0 saturated heterocycles. The quantitative estimate of drug-likeness (QED) is 0.784. The Balaban J connectivity index is 2.67. The molecule has 0 aliphatic rings. The molecule has 0 aliphatic carbocycles. The van der Waals surface area contributed by atoms with Crippen LogP contribution >= 0.6 is 0 Å². The lowest BCUT2D eigenvalue weighted by Crippen LogP contribution is -2.38. The standard InChI is InChI=1S/C14H22FNO3/c1-14(9-17,10-18)8-16(2)7-11-4-5-13(19-3)12(15)6-11/h4-6,17-18H,7-10H2,1-3H3. The molecule has 0 radical (unpaired) electrons. The summed E-state index contributed by atoms with van der Waals surface area (Å²) in [5, 5.41) is 18.5. The summed E-state index contributed by atoms with van der Waals surface area (Å²) in [6.07, 6.45) is 0. The average molecular weight is 271 g/mol. The van der Waals surface area contributed by atoms with Gasteiger partial charge >= 0.3 is 0 Å². The summed E-state index contributed by atoms with van der Waals surface area (Å²) in [6, 6.07) is 4.83. The predicted octanol–water partition coefficient (Wildman–Crippen LogP) is 1.26. The second-order valence-electron chi connectivity index (χ2n) is 5.27. The van der Waals surface area contributed by atoms with Crippen LogP contribution in [0.3, 0.4) is 0 Å². The van der Waals surface area contributed by atoms with Gasteiger partial charge in [0.25, 0.3) is 0 Å². The molecule has 0 amide bonds. The summed E-state index contributed by atoms with van der Waals surface area (Å²) in [5.74, 6) is -0.164. The van der Waals surface area contributed by atoms with E-state index >= 15 is 0 Å². The Morgan fingerprint density at radius 1 is 1.32 bits per heavy atom. The van der Waals surface area contributed by atoms with Crippen molar-refractivity contribution < 1.29 is 19.3 Å². The molecule has 0 heterocycles. The zero-order valence-electron chi connectivity index (χ0n) is 11.7. The highest BCUT2D eigenvalue weighted by Gasteiger charge is 2.24. The van der Waals surface area contributed by atoms with E-state index in [1.807, 2.05) is 11.9 Å². The largest absolute Gasteiger partial charge is 0.494 e. The first kappa shape index (κ1) is 15.9. The van der Waals surface area contributed by atoms with Crippen LogP contribution in [0.5, 0.6) is 5.75 Å². The molecule has 0 saturated carbocycles. The minimum absolute atomic E-state index is 0.0924. The summed E-state index contributed by atoms with van der Waals surface area (Å²) in [5.41, 5.74) is 0.263. The van der Waals surface area contributed by atoms with Gasteiger partial charge in [-0.05, 0) is 24.7 Å². The Morgan fingerprint density at radius 2 is 1.95 bits per heavy atom. The third-order valence-corrected chi connectivity index (χ3v) is 3.08. The van der Waals surface area contributed by atoms with Crippen LogP contribution in [0.15, 0.2) is 18.2 Å². The number of methoxy groups -OCH3 is 1. The number of ether oxygens (including phenoxy) is 1. The van der Waals surface area contributed by atoms with Crippen molar-refractivity contribution in [2.24, 2.45) is 5.41 Å². The van der Waals surface area contributed by atoms with E-state index in [0.717, 1.165) is 5.56 Å². The fourth-order valence-corrected chi connectivity index (χ4v) is 1.98. The number of aliphatic hydroxyl groups is 2. The van der Waals surface area contributed by atoms with Gasteiger partial charge in [0.2, 0.25) is 0 Å². The van der Waals surface area contributed by atoms with Gasteiger partial charge in [0.05, 0.1) is 20.3 Å². The van der Waals surface area contributed by atoms with E-state index in [-0.39, 0.29) is 24.8 Å². The molecule has 1 aromatic carbocycles. The zero-order valence-corrected chi connectivity index (χ0v) is 11.7. The van der Waals surface area contributed by atoms with Gasteiger partial charge in [-0.1, -0.05) is 13.0 Å². The molecule has 0 atom stereocenters. The van der Waals surface area contributed by atoms with Crippen molar-refractivity contribution in [2.45, 2.75) is 13.5 Å². The molecule has 0 bridgehead atoms. The summed E-state index contributed by atoms with van der Waals surface area (Å²) in [7, 11) is 3.30. The first-order valence-corrected chi connectivity index (χ1v) is 6.17. The third-order valence-electron chi connectivity index (χ3n) is 3.08. The third kappa shape index (κ3) is 4.45. The van der Waals surface area contributed by atoms with Crippen molar-refractivity contribution in [1.82, 2.24) is 4.90 Å². The zero-order chi connectivity index (χ0) is 14.5. The predicted molar refractivity (Wildman–Crippen MR) is 71.6 cm³/mol. The summed E-state index contributed by atoms with van der Waals surface area (Å²) in [6.45, 7) is 2.68. The highest BCUT2D eigenvalue weighted by Crippen LogP contribution is 2.20. The SMILES string of the molecule is COc1ccc(CN(C)CC(C)(CO)CO)cc1F. The first-order chi connectivity index (χ1) is 8.94. The fraction of sp³-hybridized carbons (Fsp3) is 0.571. The molecular weight excluding hydrogens is 249 g/mol. The Morgan fingerprint density at radius 3 is 2.42 bits per heavy atom. The van der Waals surface area contributed by atoms with E-state index in [2.05, 4.69) is 0 Å². The maximum absolute atomic E-state index is 13.5. The highest BCUT2D eigenvalue weighted by molar-refractivity contribution is 5.29. The van der Waals surface area contributed by atoms with Crippen molar-refractivity contribution >= 4 is 0 Å². The molecule has 19 heavy (non-hydrogen) atoms. The molecule has 4 nitrogen and oxygen atoms in total. The van der Waals surface area contributed by atoms with Crippen molar-refractivity contribution in [3.8, 4) is 5.75 Å². The molecule has 5 heteroatoms. The van der Waals surface area contributed by atoms with Crippen LogP contribution in [-0.2, 0) is 6.54 Å². The van der Waals surface area contributed by atoms with Crippen molar-refractivity contribution in [3.05, 3.63) is 29.6 Å². The first-order valence-electron chi connectivity index (χ1n) is 6.17. The second-order valence-corrected chi connectivity index (χ2v) is 5.27. The summed E-state index contributed by atoms with van der Waals surface area (Å²) in [4.78, 5) is 1.94. The van der Waals surface area contributed by atoms with Crippen LogP contribution < -0.4 is 4.74 Å². The van der Waals surface area contributed by atoms with Gasteiger partial charge in [0, 0.05) is 18.5 Å². The maximum Gasteiger partial charge on any atom is 0.165 e. The lowest BCUT2D eigenvalue weighted by atomic mass is 9.92. The molecule has 0 unspecified atom stereocenters. The van der Waals surface area contributed by atoms with Crippen molar-refractivity contribution in [3.63, 3.8) is 0 Å². The number of nitrogens with zero attached hydrogens (tertiary/aromatic N) is 1. The fourth-order valence-electron chi connectivity index (χ4n) is 1.98. The van der Waals surface area contributed by atoms with Crippen molar-refractivity contribution in [2.75, 3.05) is 33.9 Å². The van der Waals surface area contributed by atoms with E-state index in [1.54, 1.807) is 19.1 Å². The Bertz CT molecular complexity index is 408. The number of benzene rings is 1. The van der Waals surface area contributed by atoms with E-state index in [0.29, 0.717) is 13.1 Å². The number of hydrogen-bond donors (Lipinski definition) is 2. The minimum Gasteiger partial charge on any atom is -0.494 e. The van der Waals surface area contributed by atoms with Gasteiger partial charge < -0.3 is 19.8 Å². The number of rotatable bonds is 7. The van der Waals surface area contributed by atoms with E-state index in [9.17, 15) is 14.6 Å². The molecule has 0 spiro atoms. The minimum atomic E-state index is -0.556. The van der Waals surface area contributed by atoms with Crippen molar-refractivity contribution in [1.29, 1.82) is 0 Å². The normalized spacial score (nSPS) is 11.9. The van der Waals surface area contributed by atoms with E-state index in [4.69, 9.17) is 4.74 Å². The molecule has 1 rings (SSSR count). The van der Waals surface area contributed by atoms with Gasteiger partial charge in [0.15, 0.2) is 11.6 Å². The lowest BCUT2D eigenvalue weighted by Gasteiger charge is -2.30. The van der Waals surface area contributed by atoms with Crippen LogP contribution in [0.2, 0.25) is 0 Å². The molecule has 108 valence electrons. The molecule has 1 aromatic rings. The molecular formula is C14H22FNO3. The maximum atomic E-state index is 13.5. The van der Waals surface area contributed by atoms with E-state index < -0.39 is 5.41 Å². The van der Waals surface area contributed by atoms with Crippen LogP contribution in [0, 0.1) is 11.2 Å².